The molecular weight excluding hydrogens is 303 g/mol. The fourth-order valence-corrected chi connectivity index (χ4v) is 1.76. The highest BCUT2D eigenvalue weighted by Crippen LogP contribution is 2.23. The van der Waals surface area contributed by atoms with Gasteiger partial charge in [-0.1, -0.05) is 55.0 Å². The monoisotopic (exact) mass is 325 g/mol. The van der Waals surface area contributed by atoms with Gasteiger partial charge >= 0.3 is 0 Å². The number of aromatic hydroxyl groups is 1. The standard InChI is InChI=1S/C19H22BO4/c1-5-10-23-14(4)17(21)12-15(7-3)20-16-8-9-19(18(22)13-16)24-11-6-2/h5-9,12-13,21-22H,1-3,10-11H2,4H3/b15-12+,17-14-. The maximum absolute atomic E-state index is 10.0. The number of ether oxygens (including phenoxy) is 2. The minimum absolute atomic E-state index is 0.00171. The fraction of sp³-hybridized carbons (Fsp3) is 0.158. The lowest BCUT2D eigenvalue weighted by atomic mass is 9.63. The lowest BCUT2D eigenvalue weighted by Crippen LogP contribution is -2.16. The zero-order chi connectivity index (χ0) is 17.9. The number of benzene rings is 1. The van der Waals surface area contributed by atoms with E-state index in [1.54, 1.807) is 50.6 Å². The first kappa shape index (κ1) is 19.2. The average molecular weight is 325 g/mol. The van der Waals surface area contributed by atoms with Crippen LogP contribution in [0, 0.1) is 0 Å². The molecule has 1 aromatic rings. The highest BCUT2D eigenvalue weighted by molar-refractivity contribution is 6.61. The SMILES string of the molecule is C=CCO/C(C)=C(O)/C=C(/[B]c1ccc(OCC=C)c(O)c1)C=C. The van der Waals surface area contributed by atoms with Crippen LogP contribution in [0.1, 0.15) is 6.92 Å². The molecule has 0 saturated carbocycles. The van der Waals surface area contributed by atoms with Gasteiger partial charge in [-0.15, -0.1) is 0 Å². The van der Waals surface area contributed by atoms with E-state index in [0.29, 0.717) is 30.2 Å². The van der Waals surface area contributed by atoms with Crippen molar-refractivity contribution >= 4 is 12.7 Å². The third-order valence-corrected chi connectivity index (χ3v) is 2.99. The topological polar surface area (TPSA) is 58.9 Å². The molecule has 0 spiro atoms. The molecular formula is C19H22BO4. The number of phenols is 1. The van der Waals surface area contributed by atoms with E-state index >= 15 is 0 Å². The molecule has 2 N–H and O–H groups in total. The second-order valence-corrected chi connectivity index (χ2v) is 4.86. The fourth-order valence-electron chi connectivity index (χ4n) is 1.76. The molecule has 125 valence electrons. The van der Waals surface area contributed by atoms with Crippen LogP contribution in [0.3, 0.4) is 0 Å². The molecule has 4 nitrogen and oxygen atoms in total. The summed E-state index contributed by atoms with van der Waals surface area (Å²) in [4.78, 5) is 0. The van der Waals surface area contributed by atoms with Gasteiger partial charge in [0.25, 0.3) is 0 Å². The summed E-state index contributed by atoms with van der Waals surface area (Å²) in [5.41, 5.74) is 1.40. The van der Waals surface area contributed by atoms with Crippen molar-refractivity contribution in [3.05, 3.63) is 79.2 Å². The molecule has 24 heavy (non-hydrogen) atoms. The van der Waals surface area contributed by atoms with Crippen molar-refractivity contribution in [2.75, 3.05) is 13.2 Å². The Morgan fingerprint density at radius 1 is 1.21 bits per heavy atom. The van der Waals surface area contributed by atoms with Gasteiger partial charge in [0.1, 0.15) is 19.0 Å². The molecule has 1 radical (unpaired) electrons. The Morgan fingerprint density at radius 2 is 1.92 bits per heavy atom. The number of phenolic OH excluding ortho intramolecular Hbond substituents is 1. The number of hydrogen-bond donors (Lipinski definition) is 2. The van der Waals surface area contributed by atoms with E-state index in [1.165, 1.54) is 6.08 Å². The predicted octanol–water partition coefficient (Wildman–Crippen LogP) is 3.35. The van der Waals surface area contributed by atoms with E-state index < -0.39 is 0 Å². The van der Waals surface area contributed by atoms with Gasteiger partial charge < -0.3 is 19.7 Å². The summed E-state index contributed by atoms with van der Waals surface area (Å²) in [6, 6.07) is 5.02. The molecule has 1 rings (SSSR count). The first-order chi connectivity index (χ1) is 11.5. The lowest BCUT2D eigenvalue weighted by molar-refractivity contribution is 0.226. The van der Waals surface area contributed by atoms with Gasteiger partial charge in [-0.2, -0.15) is 0 Å². The lowest BCUT2D eigenvalue weighted by Gasteiger charge is -2.09. The van der Waals surface area contributed by atoms with Crippen LogP contribution < -0.4 is 10.2 Å². The number of aliphatic hydroxyl groups is 1. The van der Waals surface area contributed by atoms with Gasteiger partial charge in [0.05, 0.1) is 0 Å². The Kier molecular flexibility index (Phi) is 8.06. The molecule has 0 aliphatic rings. The zero-order valence-corrected chi connectivity index (χ0v) is 13.9. The van der Waals surface area contributed by atoms with E-state index in [4.69, 9.17) is 9.47 Å². The Morgan fingerprint density at radius 3 is 2.50 bits per heavy atom. The summed E-state index contributed by atoms with van der Waals surface area (Å²) < 4.78 is 10.6. The highest BCUT2D eigenvalue weighted by Gasteiger charge is 2.07. The molecule has 0 amide bonds. The average Bonchev–Trinajstić information content (AvgIpc) is 2.58. The van der Waals surface area contributed by atoms with Gasteiger partial charge in [0, 0.05) is 0 Å². The third-order valence-electron chi connectivity index (χ3n) is 2.99. The van der Waals surface area contributed by atoms with Crippen molar-refractivity contribution < 1.29 is 19.7 Å². The van der Waals surface area contributed by atoms with Crippen molar-refractivity contribution in [1.29, 1.82) is 0 Å². The first-order valence-electron chi connectivity index (χ1n) is 7.41. The van der Waals surface area contributed by atoms with Crippen molar-refractivity contribution in [2.24, 2.45) is 0 Å². The van der Waals surface area contributed by atoms with Crippen molar-refractivity contribution in [1.82, 2.24) is 0 Å². The van der Waals surface area contributed by atoms with Gasteiger partial charge in [-0.25, -0.2) is 0 Å². The normalized spacial score (nSPS) is 12.0. The minimum atomic E-state index is -0.00171. The maximum atomic E-state index is 10.0. The molecule has 0 bridgehead atoms. The second-order valence-electron chi connectivity index (χ2n) is 4.86. The predicted molar refractivity (Wildman–Crippen MR) is 98.9 cm³/mol. The Hall–Kier alpha value is -2.82. The van der Waals surface area contributed by atoms with E-state index in [0.717, 1.165) is 5.46 Å². The van der Waals surface area contributed by atoms with Crippen LogP contribution in [0.4, 0.5) is 0 Å². The van der Waals surface area contributed by atoms with Gasteiger partial charge in [-0.3, -0.25) is 0 Å². The molecule has 0 fully saturated rings. The van der Waals surface area contributed by atoms with Gasteiger partial charge in [0.2, 0.25) is 0 Å². The molecule has 0 heterocycles. The van der Waals surface area contributed by atoms with Gasteiger partial charge in [-0.05, 0) is 25.1 Å². The third kappa shape index (κ3) is 6.12. The van der Waals surface area contributed by atoms with Crippen LogP contribution >= 0.6 is 0 Å². The quantitative estimate of drug-likeness (QED) is 0.300. The van der Waals surface area contributed by atoms with Crippen molar-refractivity contribution in [2.45, 2.75) is 6.92 Å². The summed E-state index contributed by atoms with van der Waals surface area (Å²) >= 11 is 0. The van der Waals surface area contributed by atoms with E-state index in [9.17, 15) is 10.2 Å². The summed E-state index contributed by atoms with van der Waals surface area (Å²) in [6.45, 7) is 13.1. The molecule has 0 aliphatic carbocycles. The first-order valence-corrected chi connectivity index (χ1v) is 7.41. The van der Waals surface area contributed by atoms with Crippen LogP contribution in [0.25, 0.3) is 0 Å². The minimum Gasteiger partial charge on any atom is -0.505 e. The van der Waals surface area contributed by atoms with E-state index in [1.807, 2.05) is 0 Å². The number of aliphatic hydroxyl groups excluding tert-OH is 1. The van der Waals surface area contributed by atoms with Crippen molar-refractivity contribution in [3.63, 3.8) is 0 Å². The molecule has 0 saturated heterocycles. The second kappa shape index (κ2) is 10.1. The summed E-state index contributed by atoms with van der Waals surface area (Å²) in [7, 11) is 1.76. The van der Waals surface area contributed by atoms with Crippen LogP contribution in [0.5, 0.6) is 11.5 Å². The van der Waals surface area contributed by atoms with Crippen LogP contribution in [-0.2, 0) is 4.74 Å². The Balaban J connectivity index is 2.90. The Bertz CT molecular complexity index is 659. The van der Waals surface area contributed by atoms with Crippen LogP contribution in [-0.4, -0.2) is 30.7 Å². The number of hydrogen-bond acceptors (Lipinski definition) is 4. The summed E-state index contributed by atoms with van der Waals surface area (Å²) in [5.74, 6) is 0.795. The van der Waals surface area contributed by atoms with Gasteiger partial charge in [0.15, 0.2) is 24.5 Å². The summed E-state index contributed by atoms with van der Waals surface area (Å²) in [6.07, 6.45) is 6.32. The van der Waals surface area contributed by atoms with Crippen LogP contribution in [0.2, 0.25) is 0 Å². The molecule has 0 aromatic heterocycles. The highest BCUT2D eigenvalue weighted by atomic mass is 16.5. The largest absolute Gasteiger partial charge is 0.505 e. The molecule has 1 aromatic carbocycles. The van der Waals surface area contributed by atoms with E-state index in [-0.39, 0.29) is 11.5 Å². The number of rotatable bonds is 10. The van der Waals surface area contributed by atoms with Crippen LogP contribution in [0.15, 0.2) is 79.2 Å². The maximum Gasteiger partial charge on any atom is 0.191 e. The Labute approximate surface area is 144 Å². The zero-order valence-electron chi connectivity index (χ0n) is 13.9. The van der Waals surface area contributed by atoms with Crippen molar-refractivity contribution in [3.8, 4) is 11.5 Å². The number of allylic oxidation sites excluding steroid dienone is 4. The molecule has 0 unspecified atom stereocenters. The molecule has 0 atom stereocenters. The van der Waals surface area contributed by atoms with E-state index in [2.05, 4.69) is 19.7 Å². The molecule has 5 heteroatoms. The molecule has 0 aliphatic heterocycles. The smallest absolute Gasteiger partial charge is 0.191 e. The summed E-state index contributed by atoms with van der Waals surface area (Å²) in [5, 5.41) is 20.0.